The molecule has 2 rings (SSSR count). The third-order valence-corrected chi connectivity index (χ3v) is 5.34. The lowest BCUT2D eigenvalue weighted by Gasteiger charge is -2.30. The second kappa shape index (κ2) is 7.77. The van der Waals surface area contributed by atoms with Crippen molar-refractivity contribution in [2.75, 3.05) is 20.1 Å². The number of amides is 1. The minimum absolute atomic E-state index is 0.0801. The van der Waals surface area contributed by atoms with E-state index in [1.165, 1.54) is 25.9 Å². The highest BCUT2D eigenvalue weighted by molar-refractivity contribution is 7.97. The van der Waals surface area contributed by atoms with Crippen molar-refractivity contribution >= 4 is 23.6 Å². The normalized spacial score (nSPS) is 19.9. The molecular weight excluding hydrogens is 350 g/mol. The average Bonchev–Trinajstić information content (AvgIpc) is 2.62. The van der Waals surface area contributed by atoms with Crippen LogP contribution in [-0.2, 0) is 4.79 Å². The van der Waals surface area contributed by atoms with Gasteiger partial charge in [0.1, 0.15) is 0 Å². The van der Waals surface area contributed by atoms with Gasteiger partial charge in [0.25, 0.3) is 5.92 Å². The van der Waals surface area contributed by atoms with E-state index in [1.54, 1.807) is 24.3 Å². The van der Waals surface area contributed by atoms with Crippen molar-refractivity contribution in [1.29, 1.82) is 5.41 Å². The second-order valence-electron chi connectivity index (χ2n) is 6.09. The molecule has 1 aromatic carbocycles. The minimum atomic E-state index is -2.57. The third kappa shape index (κ3) is 4.55. The second-order valence-corrected chi connectivity index (χ2v) is 7.26. The lowest BCUT2D eigenvalue weighted by Crippen LogP contribution is -2.58. The van der Waals surface area contributed by atoms with Crippen LogP contribution in [0.1, 0.15) is 25.3 Å². The molecule has 25 heavy (non-hydrogen) atoms. The number of likely N-dealkylation sites (N-methyl/N-ethyl adjacent to an activating group) is 1. The maximum absolute atomic E-state index is 13.2. The smallest absolute Gasteiger partial charge is 0.250 e. The topological polar surface area (TPSA) is 88.5 Å². The number of rotatable bonds is 6. The van der Waals surface area contributed by atoms with Crippen LogP contribution in [-0.4, -0.2) is 52.7 Å². The predicted octanol–water partition coefficient (Wildman–Crippen LogP) is 2.28. The van der Waals surface area contributed by atoms with E-state index in [1.807, 2.05) is 9.79 Å². The van der Waals surface area contributed by atoms with Gasteiger partial charge in [-0.3, -0.25) is 4.79 Å². The Balaban J connectivity index is 2.04. The van der Waals surface area contributed by atoms with Gasteiger partial charge in [0.15, 0.2) is 5.54 Å². The first-order valence-electron chi connectivity index (χ1n) is 7.85. The highest BCUT2D eigenvalue weighted by Crippen LogP contribution is 2.33. The zero-order valence-electron chi connectivity index (χ0n) is 14.1. The molecule has 9 heteroatoms. The molecule has 1 aliphatic heterocycles. The summed E-state index contributed by atoms with van der Waals surface area (Å²) in [6.07, 6.45) is -0.287. The molecule has 138 valence electrons. The van der Waals surface area contributed by atoms with Crippen LogP contribution >= 0.6 is 11.9 Å². The lowest BCUT2D eigenvalue weighted by molar-refractivity contribution is -0.127. The summed E-state index contributed by atoms with van der Waals surface area (Å²) in [6, 6.07) is 6.87. The maximum Gasteiger partial charge on any atom is 0.250 e. The van der Waals surface area contributed by atoms with Crippen LogP contribution < -0.4 is 10.8 Å². The van der Waals surface area contributed by atoms with Gasteiger partial charge in [0.05, 0.1) is 5.71 Å². The Morgan fingerprint density at radius 2 is 1.88 bits per heavy atom. The van der Waals surface area contributed by atoms with Crippen LogP contribution in [0.3, 0.4) is 0 Å². The van der Waals surface area contributed by atoms with Gasteiger partial charge in [-0.2, -0.15) is 5.48 Å². The number of piperidine rings is 1. The van der Waals surface area contributed by atoms with Crippen molar-refractivity contribution in [3.05, 3.63) is 29.8 Å². The van der Waals surface area contributed by atoms with E-state index >= 15 is 0 Å². The lowest BCUT2D eigenvalue weighted by atomic mass is 9.90. The van der Waals surface area contributed by atoms with Gasteiger partial charge in [0.2, 0.25) is 5.91 Å². The van der Waals surface area contributed by atoms with E-state index in [0.717, 1.165) is 4.90 Å². The van der Waals surface area contributed by atoms with Crippen molar-refractivity contribution in [1.82, 2.24) is 15.1 Å². The number of hydrogen-bond acceptors (Lipinski definition) is 6. The molecule has 0 spiro atoms. The summed E-state index contributed by atoms with van der Waals surface area (Å²) < 4.78 is 28.2. The van der Waals surface area contributed by atoms with Gasteiger partial charge in [-0.05, 0) is 36.6 Å². The van der Waals surface area contributed by atoms with Crippen LogP contribution in [0.25, 0.3) is 0 Å². The zero-order chi connectivity index (χ0) is 18.7. The van der Waals surface area contributed by atoms with E-state index in [2.05, 4.69) is 5.32 Å². The van der Waals surface area contributed by atoms with Crippen LogP contribution in [0.5, 0.6) is 0 Å². The first-order chi connectivity index (χ1) is 11.7. The molecule has 1 aromatic rings. The molecule has 1 unspecified atom stereocenters. The number of alkyl halides is 2. The van der Waals surface area contributed by atoms with Crippen molar-refractivity contribution < 1.29 is 18.8 Å². The number of halogens is 2. The summed E-state index contributed by atoms with van der Waals surface area (Å²) >= 11 is 1.39. The molecule has 0 bridgehead atoms. The average molecular weight is 372 g/mol. The molecule has 1 atom stereocenters. The third-order valence-electron chi connectivity index (χ3n) is 4.24. The van der Waals surface area contributed by atoms with Gasteiger partial charge in [0, 0.05) is 37.9 Å². The molecule has 0 radical (unpaired) electrons. The Morgan fingerprint density at radius 1 is 1.32 bits per heavy atom. The number of carbonyl (C=O) groups is 1. The Labute approximate surface area is 149 Å². The van der Waals surface area contributed by atoms with Gasteiger partial charge < -0.3 is 15.9 Å². The Hall–Kier alpha value is -1.55. The molecule has 0 saturated carbocycles. The summed E-state index contributed by atoms with van der Waals surface area (Å²) in [5.74, 6) is -3.11. The summed E-state index contributed by atoms with van der Waals surface area (Å²) in [5, 5.41) is 19.9. The van der Waals surface area contributed by atoms with Gasteiger partial charge in [-0.1, -0.05) is 12.1 Å². The SMILES string of the molecule is CNC(=O)C(C)(NO)C(=N)c1ccc(SN2CCC(F)(F)CC2)cc1. The molecule has 0 aromatic heterocycles. The number of hydroxylamine groups is 1. The molecule has 1 heterocycles. The quantitative estimate of drug-likeness (QED) is 0.350. The van der Waals surface area contributed by atoms with E-state index in [0.29, 0.717) is 18.7 Å². The number of carbonyl (C=O) groups excluding carboxylic acids is 1. The predicted molar refractivity (Wildman–Crippen MR) is 92.3 cm³/mol. The Kier molecular flexibility index (Phi) is 6.15. The van der Waals surface area contributed by atoms with Crippen LogP contribution in [0.4, 0.5) is 8.78 Å². The van der Waals surface area contributed by atoms with Crippen molar-refractivity contribution in [2.45, 2.75) is 36.1 Å². The van der Waals surface area contributed by atoms with Crippen molar-refractivity contribution in [3.8, 4) is 0 Å². The number of hydrogen-bond donors (Lipinski definition) is 4. The number of benzene rings is 1. The summed E-state index contributed by atoms with van der Waals surface area (Å²) in [7, 11) is 1.42. The standard InChI is InChI=1S/C16H22F2N4O2S/c1-15(21-24,14(23)20-2)13(19)11-3-5-12(6-4-11)25-22-9-7-16(17,18)8-10-22/h3-6,19,21,24H,7-10H2,1-2H3,(H,20,23). The van der Waals surface area contributed by atoms with Gasteiger partial charge in [-0.25, -0.2) is 13.1 Å². The molecule has 1 aliphatic rings. The molecular formula is C16H22F2N4O2S. The van der Waals surface area contributed by atoms with Crippen LogP contribution in [0.2, 0.25) is 0 Å². The fourth-order valence-corrected chi connectivity index (χ4v) is 3.42. The summed E-state index contributed by atoms with van der Waals surface area (Å²) in [4.78, 5) is 12.8. The molecule has 0 aliphatic carbocycles. The highest BCUT2D eigenvalue weighted by atomic mass is 32.2. The molecule has 1 amide bonds. The number of nitrogens with zero attached hydrogens (tertiary/aromatic N) is 1. The monoisotopic (exact) mass is 372 g/mol. The zero-order valence-corrected chi connectivity index (χ0v) is 14.9. The molecule has 1 saturated heterocycles. The van der Waals surface area contributed by atoms with E-state index in [4.69, 9.17) is 5.41 Å². The molecule has 6 nitrogen and oxygen atoms in total. The largest absolute Gasteiger partial charge is 0.357 e. The van der Waals surface area contributed by atoms with E-state index < -0.39 is 17.4 Å². The van der Waals surface area contributed by atoms with Gasteiger partial charge in [-0.15, -0.1) is 0 Å². The minimum Gasteiger partial charge on any atom is -0.357 e. The summed E-state index contributed by atoms with van der Waals surface area (Å²) in [5.41, 5.74) is 0.721. The fraction of sp³-hybridized carbons (Fsp3) is 0.500. The first-order valence-corrected chi connectivity index (χ1v) is 8.63. The van der Waals surface area contributed by atoms with Crippen molar-refractivity contribution in [2.24, 2.45) is 0 Å². The summed E-state index contributed by atoms with van der Waals surface area (Å²) in [6.45, 7) is 2.04. The number of nitrogens with one attached hydrogen (secondary N) is 3. The first kappa shape index (κ1) is 19.8. The molecule has 1 fully saturated rings. The fourth-order valence-electron chi connectivity index (χ4n) is 2.50. The maximum atomic E-state index is 13.2. The van der Waals surface area contributed by atoms with Crippen LogP contribution in [0.15, 0.2) is 29.2 Å². The van der Waals surface area contributed by atoms with Crippen molar-refractivity contribution in [3.63, 3.8) is 0 Å². The van der Waals surface area contributed by atoms with E-state index in [-0.39, 0.29) is 18.6 Å². The van der Waals surface area contributed by atoms with Crippen LogP contribution in [0, 0.1) is 5.41 Å². The Bertz CT molecular complexity index is 632. The molecule has 4 N–H and O–H groups in total. The van der Waals surface area contributed by atoms with E-state index in [9.17, 15) is 18.8 Å². The Morgan fingerprint density at radius 3 is 2.36 bits per heavy atom. The highest BCUT2D eigenvalue weighted by Gasteiger charge is 2.38. The van der Waals surface area contributed by atoms with Gasteiger partial charge >= 0.3 is 0 Å².